The molecule has 0 spiro atoms. The Kier molecular flexibility index (Phi) is 8.67. The number of carboxylic acid groups (broad SMARTS) is 1. The number of nitro groups is 1. The standard InChI is InChI=1S/C19H16N4O5S.C2HF3O2/c1-13-16(5-4-6-17(13)23(25)26)19(24)21-14-8-10-15(11-9-14)29(27,28)22-18-7-2-3-12-20-18;3-2(4,5)1(6)7/h2-12H,1H3,(H,20,22)(H,21,24);(H,6,7). The van der Waals surface area contributed by atoms with Gasteiger partial charge in [0.1, 0.15) is 5.82 Å². The molecule has 0 saturated heterocycles. The summed E-state index contributed by atoms with van der Waals surface area (Å²) in [4.78, 5) is 35.7. The molecule has 3 N–H and O–H groups in total. The van der Waals surface area contributed by atoms with E-state index in [1.807, 2.05) is 0 Å². The van der Waals surface area contributed by atoms with E-state index in [2.05, 4.69) is 15.0 Å². The normalized spacial score (nSPS) is 11.0. The number of pyridine rings is 1. The summed E-state index contributed by atoms with van der Waals surface area (Å²) in [6, 6.07) is 14.6. The summed E-state index contributed by atoms with van der Waals surface area (Å²) in [6.45, 7) is 1.49. The molecule has 1 aromatic heterocycles. The van der Waals surface area contributed by atoms with Crippen LogP contribution in [0.25, 0.3) is 0 Å². The van der Waals surface area contributed by atoms with Crippen LogP contribution in [0.3, 0.4) is 0 Å². The predicted molar refractivity (Wildman–Crippen MR) is 121 cm³/mol. The highest BCUT2D eigenvalue weighted by Crippen LogP contribution is 2.23. The summed E-state index contributed by atoms with van der Waals surface area (Å²) in [5, 5.41) is 20.8. The van der Waals surface area contributed by atoms with Crippen molar-refractivity contribution in [3.05, 3.63) is 88.1 Å². The number of anilines is 2. The van der Waals surface area contributed by atoms with Gasteiger partial charge in [0.15, 0.2) is 0 Å². The molecule has 0 saturated carbocycles. The zero-order valence-electron chi connectivity index (χ0n) is 18.2. The molecule has 11 nitrogen and oxygen atoms in total. The second-order valence-corrected chi connectivity index (χ2v) is 8.49. The van der Waals surface area contributed by atoms with Crippen LogP contribution in [0, 0.1) is 17.0 Å². The number of nitrogens with one attached hydrogen (secondary N) is 2. The van der Waals surface area contributed by atoms with E-state index in [1.54, 1.807) is 12.1 Å². The number of amides is 1. The third-order valence-corrected chi connectivity index (χ3v) is 5.69. The Morgan fingerprint density at radius 1 is 1.03 bits per heavy atom. The average molecular weight is 526 g/mol. The zero-order valence-corrected chi connectivity index (χ0v) is 19.0. The fraction of sp³-hybridized carbons (Fsp3) is 0.0952. The third-order valence-electron chi connectivity index (χ3n) is 4.32. The summed E-state index contributed by atoms with van der Waals surface area (Å²) in [7, 11) is -3.83. The van der Waals surface area contributed by atoms with Crippen LogP contribution in [0.15, 0.2) is 71.8 Å². The van der Waals surface area contributed by atoms with E-state index in [0.29, 0.717) is 5.69 Å². The van der Waals surface area contributed by atoms with E-state index in [9.17, 15) is 36.5 Å². The molecule has 0 aliphatic carbocycles. The highest BCUT2D eigenvalue weighted by atomic mass is 32.2. The topological polar surface area (TPSA) is 169 Å². The van der Waals surface area contributed by atoms with Crippen molar-refractivity contribution in [1.29, 1.82) is 0 Å². The third kappa shape index (κ3) is 7.49. The number of nitrogens with zero attached hydrogens (tertiary/aromatic N) is 2. The quantitative estimate of drug-likeness (QED) is 0.320. The van der Waals surface area contributed by atoms with Gasteiger partial charge in [-0.05, 0) is 49.4 Å². The van der Waals surface area contributed by atoms with Crippen molar-refractivity contribution in [1.82, 2.24) is 4.98 Å². The number of benzene rings is 2. The molecule has 0 unspecified atom stereocenters. The molecule has 1 amide bonds. The lowest BCUT2D eigenvalue weighted by Gasteiger charge is -2.10. The lowest BCUT2D eigenvalue weighted by Crippen LogP contribution is -2.21. The Morgan fingerprint density at radius 3 is 2.14 bits per heavy atom. The molecule has 15 heteroatoms. The highest BCUT2D eigenvalue weighted by molar-refractivity contribution is 7.92. The van der Waals surface area contributed by atoms with Crippen LogP contribution in [0.1, 0.15) is 15.9 Å². The van der Waals surface area contributed by atoms with Crippen molar-refractivity contribution in [2.45, 2.75) is 18.0 Å². The van der Waals surface area contributed by atoms with Crippen molar-refractivity contribution in [2.24, 2.45) is 0 Å². The Morgan fingerprint density at radius 2 is 1.64 bits per heavy atom. The number of hydrogen-bond acceptors (Lipinski definition) is 7. The molecular formula is C21H17F3N4O7S. The van der Waals surface area contributed by atoms with E-state index in [4.69, 9.17) is 9.90 Å². The van der Waals surface area contributed by atoms with Gasteiger partial charge in [0, 0.05) is 29.1 Å². The average Bonchev–Trinajstić information content (AvgIpc) is 2.79. The van der Waals surface area contributed by atoms with E-state index < -0.39 is 33.0 Å². The lowest BCUT2D eigenvalue weighted by molar-refractivity contribution is -0.385. The molecule has 0 aliphatic rings. The molecule has 190 valence electrons. The van der Waals surface area contributed by atoms with Gasteiger partial charge < -0.3 is 10.4 Å². The maximum atomic E-state index is 12.5. The van der Waals surface area contributed by atoms with Crippen molar-refractivity contribution in [3.63, 3.8) is 0 Å². The summed E-state index contributed by atoms with van der Waals surface area (Å²) >= 11 is 0. The van der Waals surface area contributed by atoms with Crippen molar-refractivity contribution >= 4 is 39.1 Å². The number of sulfonamides is 1. The Balaban J connectivity index is 0.000000572. The number of carbonyl (C=O) groups is 2. The fourth-order valence-electron chi connectivity index (χ4n) is 2.60. The minimum atomic E-state index is -5.08. The van der Waals surface area contributed by atoms with Crippen LogP contribution in [0.2, 0.25) is 0 Å². The van der Waals surface area contributed by atoms with E-state index in [0.717, 1.165) is 0 Å². The molecule has 0 atom stereocenters. The van der Waals surface area contributed by atoms with E-state index in [1.165, 1.54) is 61.7 Å². The van der Waals surface area contributed by atoms with Gasteiger partial charge in [-0.3, -0.25) is 19.6 Å². The van der Waals surface area contributed by atoms with Gasteiger partial charge in [-0.25, -0.2) is 18.2 Å². The van der Waals surface area contributed by atoms with Gasteiger partial charge in [-0.2, -0.15) is 13.2 Å². The number of nitro benzene ring substituents is 1. The summed E-state index contributed by atoms with van der Waals surface area (Å²) in [5.74, 6) is -3.10. The van der Waals surface area contributed by atoms with Crippen LogP contribution in [-0.2, 0) is 14.8 Å². The first-order valence-corrected chi connectivity index (χ1v) is 11.1. The number of hydrogen-bond donors (Lipinski definition) is 3. The molecule has 2 aromatic carbocycles. The first-order chi connectivity index (χ1) is 16.7. The SMILES string of the molecule is Cc1c(C(=O)Nc2ccc(S(=O)(=O)Nc3ccccn3)cc2)cccc1[N+](=O)[O-].O=C(O)C(F)(F)F. The van der Waals surface area contributed by atoms with Crippen LogP contribution in [0.4, 0.5) is 30.4 Å². The summed E-state index contributed by atoms with van der Waals surface area (Å²) in [6.07, 6.45) is -3.62. The predicted octanol–water partition coefficient (Wildman–Crippen LogP) is 3.98. The molecule has 3 rings (SSSR count). The van der Waals surface area contributed by atoms with Crippen LogP contribution < -0.4 is 10.0 Å². The maximum absolute atomic E-state index is 12.5. The van der Waals surface area contributed by atoms with Gasteiger partial charge in [0.05, 0.1) is 9.82 Å². The minimum absolute atomic E-state index is 0.00678. The second kappa shape index (κ2) is 11.3. The molecule has 0 aliphatic heterocycles. The lowest BCUT2D eigenvalue weighted by atomic mass is 10.1. The number of carboxylic acids is 1. The van der Waals surface area contributed by atoms with E-state index >= 15 is 0 Å². The number of aromatic nitrogens is 1. The Hall–Kier alpha value is -4.53. The van der Waals surface area contributed by atoms with Gasteiger partial charge in [0.25, 0.3) is 21.6 Å². The molecule has 36 heavy (non-hydrogen) atoms. The second-order valence-electron chi connectivity index (χ2n) is 6.81. The fourth-order valence-corrected chi connectivity index (χ4v) is 3.61. The van der Waals surface area contributed by atoms with Crippen molar-refractivity contribution in [2.75, 3.05) is 10.0 Å². The number of carbonyl (C=O) groups excluding carboxylic acids is 1. The van der Waals surface area contributed by atoms with Crippen molar-refractivity contribution in [3.8, 4) is 0 Å². The Labute approximate surface area is 201 Å². The molecule has 3 aromatic rings. The van der Waals surface area contributed by atoms with Crippen LogP contribution >= 0.6 is 0 Å². The number of rotatable bonds is 6. The zero-order chi connectivity index (χ0) is 27.1. The number of aliphatic carboxylic acids is 1. The number of halogens is 3. The minimum Gasteiger partial charge on any atom is -0.475 e. The van der Waals surface area contributed by atoms with Gasteiger partial charge in [-0.1, -0.05) is 12.1 Å². The van der Waals surface area contributed by atoms with Crippen LogP contribution in [-0.4, -0.2) is 41.5 Å². The molecule has 0 radical (unpaired) electrons. The van der Waals surface area contributed by atoms with Gasteiger partial charge >= 0.3 is 12.1 Å². The highest BCUT2D eigenvalue weighted by Gasteiger charge is 2.38. The molecule has 0 fully saturated rings. The summed E-state index contributed by atoms with van der Waals surface area (Å²) in [5.41, 5.74) is 0.596. The molecular weight excluding hydrogens is 509 g/mol. The largest absolute Gasteiger partial charge is 0.490 e. The first-order valence-electron chi connectivity index (χ1n) is 9.62. The first kappa shape index (κ1) is 27.7. The number of alkyl halides is 3. The monoisotopic (exact) mass is 526 g/mol. The van der Waals surface area contributed by atoms with Gasteiger partial charge in [-0.15, -0.1) is 0 Å². The maximum Gasteiger partial charge on any atom is 0.490 e. The molecule has 1 heterocycles. The van der Waals surface area contributed by atoms with Gasteiger partial charge in [0.2, 0.25) is 0 Å². The van der Waals surface area contributed by atoms with E-state index in [-0.39, 0.29) is 27.5 Å². The van der Waals surface area contributed by atoms with Crippen molar-refractivity contribution < 1.29 is 41.2 Å². The smallest absolute Gasteiger partial charge is 0.475 e. The summed E-state index contributed by atoms with van der Waals surface area (Å²) < 4.78 is 58.9. The Bertz CT molecular complexity index is 1360. The molecule has 0 bridgehead atoms. The van der Waals surface area contributed by atoms with Crippen LogP contribution in [0.5, 0.6) is 0 Å².